The van der Waals surface area contributed by atoms with E-state index in [-0.39, 0.29) is 0 Å². The van der Waals surface area contributed by atoms with E-state index in [9.17, 15) is 0 Å². The van der Waals surface area contributed by atoms with Gasteiger partial charge in [0.2, 0.25) is 0 Å². The molecule has 0 aromatic rings. The highest BCUT2D eigenvalue weighted by molar-refractivity contribution is 8.46. The van der Waals surface area contributed by atoms with Gasteiger partial charge in [-0.15, -0.1) is 9.79 Å². The fourth-order valence-electron chi connectivity index (χ4n) is 0.919. The van der Waals surface area contributed by atoms with E-state index in [2.05, 4.69) is 45.5 Å². The van der Waals surface area contributed by atoms with E-state index in [0.717, 1.165) is 9.79 Å². The fourth-order valence-corrected chi connectivity index (χ4v) is 24.8. The lowest BCUT2D eigenvalue weighted by Gasteiger charge is -2.25. The molecule has 0 aliphatic carbocycles. The first-order valence-electron chi connectivity index (χ1n) is 3.82. The van der Waals surface area contributed by atoms with Crippen LogP contribution in [0.4, 0.5) is 0 Å². The van der Waals surface area contributed by atoms with Crippen LogP contribution in [0.2, 0.25) is 39.3 Å². The molecule has 3 heteroatoms. The van der Waals surface area contributed by atoms with Crippen LogP contribution >= 0.6 is 0 Å². The molecule has 0 amide bonds. The molecule has 0 N–H and O–H groups in total. The third kappa shape index (κ3) is 3.26. The highest BCUT2D eigenvalue weighted by atomic mass is 32.6. The Morgan fingerprint density at radius 1 is 0.700 bits per heavy atom. The van der Waals surface area contributed by atoms with Gasteiger partial charge in [0.25, 0.3) is 14.4 Å². The molecule has 0 rings (SSSR count). The third-order valence-electron chi connectivity index (χ3n) is 1.84. The van der Waals surface area contributed by atoms with Crippen molar-refractivity contribution in [2.45, 2.75) is 39.3 Å². The smallest absolute Gasteiger partial charge is 0.132 e. The Hall–Kier alpha value is 0.784. The summed E-state index contributed by atoms with van der Waals surface area (Å²) in [6.45, 7) is 15.0. The van der Waals surface area contributed by atoms with Crippen molar-refractivity contribution < 1.29 is 0 Å². The molecule has 0 saturated heterocycles. The van der Waals surface area contributed by atoms with Crippen LogP contribution in [0.3, 0.4) is 0 Å². The van der Waals surface area contributed by atoms with E-state index in [0.29, 0.717) is 0 Å². The molecule has 0 bridgehead atoms. The number of hydrogen-bond donors (Lipinski definition) is 0. The van der Waals surface area contributed by atoms with Gasteiger partial charge in [-0.2, -0.15) is 0 Å². The second-order valence-corrected chi connectivity index (χ2v) is 26.5. The van der Waals surface area contributed by atoms with Crippen molar-refractivity contribution in [3.63, 3.8) is 0 Å². The number of hydrogen-bond acceptors (Lipinski definition) is 0. The normalized spacial score (nSPS) is 14.4. The molecule has 0 fully saturated rings. The van der Waals surface area contributed by atoms with Crippen molar-refractivity contribution in [3.05, 3.63) is 0 Å². The molecular weight excluding hydrogens is 172 g/mol. The molecule has 0 heterocycles. The van der Waals surface area contributed by atoms with Crippen LogP contribution in [-0.4, -0.2) is 20.7 Å². The van der Waals surface area contributed by atoms with Gasteiger partial charge in [-0.05, 0) is 39.3 Å². The van der Waals surface area contributed by atoms with E-state index in [1.165, 1.54) is 0 Å². The summed E-state index contributed by atoms with van der Waals surface area (Å²) in [5, 5.41) is 0. The third-order valence-corrected chi connectivity index (χ3v) is 27.6. The Labute approximate surface area is 70.1 Å². The van der Waals surface area contributed by atoms with Crippen LogP contribution in [0.25, 0.3) is 0 Å². The average Bonchev–Trinajstić information content (AvgIpc) is 1.59. The summed E-state index contributed by atoms with van der Waals surface area (Å²) in [4.78, 5) is 0. The maximum absolute atomic E-state index is 2.49. The van der Waals surface area contributed by atoms with Crippen molar-refractivity contribution in [1.82, 2.24) is 0 Å². The SMILES string of the molecule is C[S+]([Si](C)(C)C)[Si](C)(C)C. The highest BCUT2D eigenvalue weighted by Gasteiger charge is 2.43. The van der Waals surface area contributed by atoms with Gasteiger partial charge in [0.05, 0.1) is 6.26 Å². The molecule has 0 aromatic carbocycles. The molecule has 0 atom stereocenters. The molecule has 0 aliphatic heterocycles. The molecule has 0 spiro atoms. The minimum absolute atomic E-state index is 0.773. The Bertz CT molecular complexity index is 95.8. The molecule has 10 heavy (non-hydrogen) atoms. The summed E-state index contributed by atoms with van der Waals surface area (Å²) in [6.07, 6.45) is 2.48. The maximum atomic E-state index is 2.49. The zero-order valence-corrected chi connectivity index (χ0v) is 11.2. The second-order valence-electron chi connectivity index (χ2n) is 4.74. The standard InChI is InChI=1S/C7H21SSi2/c1-8(9(2,3)4)10(5,6)7/h1-7H3/q+1. The Balaban J connectivity index is 4.23. The van der Waals surface area contributed by atoms with Crippen LogP contribution in [0.1, 0.15) is 0 Å². The largest absolute Gasteiger partial charge is 0.270 e. The van der Waals surface area contributed by atoms with Gasteiger partial charge in [0.1, 0.15) is 0 Å². The summed E-state index contributed by atoms with van der Waals surface area (Å²) >= 11 is 0. The predicted molar refractivity (Wildman–Crippen MR) is 60.0 cm³/mol. The van der Waals surface area contributed by atoms with Crippen LogP contribution in [0.15, 0.2) is 0 Å². The summed E-state index contributed by atoms with van der Waals surface area (Å²) in [7, 11) is -0.840. The topological polar surface area (TPSA) is 0 Å². The van der Waals surface area contributed by atoms with Crippen molar-refractivity contribution >= 4 is 24.2 Å². The summed E-state index contributed by atoms with van der Waals surface area (Å²) < 4.78 is 0. The van der Waals surface area contributed by atoms with Crippen LogP contribution in [-0.2, 0) is 9.79 Å². The average molecular weight is 193 g/mol. The summed E-state index contributed by atoms with van der Waals surface area (Å²) in [5.41, 5.74) is 0. The molecule has 0 aliphatic rings. The van der Waals surface area contributed by atoms with Crippen molar-refractivity contribution in [2.75, 3.05) is 6.26 Å². The lowest BCUT2D eigenvalue weighted by Crippen LogP contribution is -2.48. The maximum Gasteiger partial charge on any atom is 0.270 e. The molecule has 0 unspecified atom stereocenters. The lowest BCUT2D eigenvalue weighted by molar-refractivity contribution is 1.83. The summed E-state index contributed by atoms with van der Waals surface area (Å²) in [5.74, 6) is 0. The van der Waals surface area contributed by atoms with Crippen molar-refractivity contribution in [3.8, 4) is 0 Å². The Morgan fingerprint density at radius 3 is 0.900 bits per heavy atom. The van der Waals surface area contributed by atoms with Gasteiger partial charge in [-0.1, -0.05) is 0 Å². The van der Waals surface area contributed by atoms with E-state index in [1.54, 1.807) is 0 Å². The van der Waals surface area contributed by atoms with E-state index in [4.69, 9.17) is 0 Å². The quantitative estimate of drug-likeness (QED) is 0.467. The van der Waals surface area contributed by atoms with Gasteiger partial charge in [-0.3, -0.25) is 0 Å². The van der Waals surface area contributed by atoms with Crippen LogP contribution < -0.4 is 0 Å². The Morgan fingerprint density at radius 2 is 0.900 bits per heavy atom. The van der Waals surface area contributed by atoms with Gasteiger partial charge in [-0.25, -0.2) is 0 Å². The zero-order valence-electron chi connectivity index (χ0n) is 8.41. The molecule has 0 saturated carbocycles. The van der Waals surface area contributed by atoms with Crippen LogP contribution in [0.5, 0.6) is 0 Å². The molecule has 62 valence electrons. The minimum atomic E-state index is -0.807. The van der Waals surface area contributed by atoms with E-state index < -0.39 is 14.4 Å². The zero-order chi connectivity index (χ0) is 8.58. The highest BCUT2D eigenvalue weighted by Crippen LogP contribution is 2.23. The molecular formula is C7H21SSi2+. The number of rotatable bonds is 2. The molecule has 0 radical (unpaired) electrons. The predicted octanol–water partition coefficient (Wildman–Crippen LogP) is 2.90. The summed E-state index contributed by atoms with van der Waals surface area (Å²) in [6, 6.07) is 0. The minimum Gasteiger partial charge on any atom is -0.132 e. The molecule has 0 nitrogen and oxygen atoms in total. The van der Waals surface area contributed by atoms with Gasteiger partial charge < -0.3 is 0 Å². The first kappa shape index (κ1) is 10.8. The molecule has 0 aromatic heterocycles. The first-order valence-corrected chi connectivity index (χ1v) is 13.9. The van der Waals surface area contributed by atoms with Gasteiger partial charge in [0, 0.05) is 0 Å². The lowest BCUT2D eigenvalue weighted by atomic mass is 11.8. The second kappa shape index (κ2) is 3.03. The van der Waals surface area contributed by atoms with Crippen LogP contribution in [0, 0.1) is 0 Å². The Kier molecular flexibility index (Phi) is 3.27. The van der Waals surface area contributed by atoms with E-state index >= 15 is 0 Å². The monoisotopic (exact) mass is 193 g/mol. The van der Waals surface area contributed by atoms with Gasteiger partial charge in [0.15, 0.2) is 0 Å². The van der Waals surface area contributed by atoms with Crippen molar-refractivity contribution in [1.29, 1.82) is 0 Å². The van der Waals surface area contributed by atoms with Gasteiger partial charge >= 0.3 is 0 Å². The van der Waals surface area contributed by atoms with E-state index in [1.807, 2.05) is 0 Å². The first-order chi connectivity index (χ1) is 4.15. The van der Waals surface area contributed by atoms with Crippen molar-refractivity contribution in [2.24, 2.45) is 0 Å². The fraction of sp³-hybridized carbons (Fsp3) is 1.00.